The Morgan fingerprint density at radius 1 is 1.31 bits per heavy atom. The largest absolute Gasteiger partial charge is 0.504 e. The van der Waals surface area contributed by atoms with Gasteiger partial charge in [-0.1, -0.05) is 6.07 Å². The van der Waals surface area contributed by atoms with Crippen LogP contribution in [0.2, 0.25) is 0 Å². The summed E-state index contributed by atoms with van der Waals surface area (Å²) in [5.74, 6) is 0.415. The van der Waals surface area contributed by atoms with Crippen molar-refractivity contribution < 1.29 is 10.2 Å². The molecule has 0 aliphatic carbocycles. The molecule has 0 atom stereocenters. The number of hydrogen-bond donors (Lipinski definition) is 3. The van der Waals surface area contributed by atoms with E-state index in [9.17, 15) is 10.2 Å². The number of nitrogens with zero attached hydrogens (tertiary/aromatic N) is 1. The van der Waals surface area contributed by atoms with Crippen molar-refractivity contribution in [1.29, 1.82) is 0 Å². The molecule has 0 fully saturated rings. The van der Waals surface area contributed by atoms with Crippen molar-refractivity contribution in [2.75, 3.05) is 13.1 Å². The predicted molar refractivity (Wildman–Crippen MR) is 49.2 cm³/mol. The Balaban J connectivity index is 2.45. The predicted octanol–water partition coefficient (Wildman–Crippen LogP) is 0.448. The van der Waals surface area contributed by atoms with E-state index in [0.717, 1.165) is 6.54 Å². The first kappa shape index (κ1) is 7.91. The number of para-hydroxylation sites is 1. The molecule has 1 aromatic carbocycles. The van der Waals surface area contributed by atoms with Crippen LogP contribution in [0, 0.1) is 0 Å². The molecule has 2 rings (SSSR count). The Bertz CT molecular complexity index is 361. The lowest BCUT2D eigenvalue weighted by Gasteiger charge is -2.05. The van der Waals surface area contributed by atoms with Crippen LogP contribution in [0.1, 0.15) is 5.56 Å². The molecule has 0 saturated carbocycles. The Labute approximate surface area is 75.6 Å². The normalized spacial score (nSPS) is 15.2. The lowest BCUT2D eigenvalue weighted by atomic mass is 10.1. The maximum absolute atomic E-state index is 9.49. The molecule has 0 radical (unpaired) electrons. The van der Waals surface area contributed by atoms with Crippen LogP contribution in [0.4, 0.5) is 0 Å². The number of aromatic hydroxyl groups is 2. The third-order valence-electron chi connectivity index (χ3n) is 1.94. The van der Waals surface area contributed by atoms with E-state index in [1.54, 1.807) is 12.1 Å². The van der Waals surface area contributed by atoms with E-state index < -0.39 is 0 Å². The maximum atomic E-state index is 9.49. The molecule has 0 spiro atoms. The zero-order chi connectivity index (χ0) is 9.26. The van der Waals surface area contributed by atoms with E-state index in [2.05, 4.69) is 10.3 Å². The highest BCUT2D eigenvalue weighted by molar-refractivity contribution is 6.02. The molecule has 0 unspecified atom stereocenters. The Hall–Kier alpha value is -1.71. The minimum atomic E-state index is -0.117. The first-order valence-corrected chi connectivity index (χ1v) is 4.08. The second-order valence-electron chi connectivity index (χ2n) is 2.83. The summed E-state index contributed by atoms with van der Waals surface area (Å²) in [4.78, 5) is 4.14. The first-order valence-electron chi connectivity index (χ1n) is 4.08. The van der Waals surface area contributed by atoms with Gasteiger partial charge in [-0.2, -0.15) is 0 Å². The average molecular weight is 178 g/mol. The lowest BCUT2D eigenvalue weighted by molar-refractivity contribution is 0.403. The summed E-state index contributed by atoms with van der Waals surface area (Å²) >= 11 is 0. The minimum Gasteiger partial charge on any atom is -0.504 e. The van der Waals surface area contributed by atoms with Crippen molar-refractivity contribution >= 4 is 5.84 Å². The van der Waals surface area contributed by atoms with Gasteiger partial charge in [-0.15, -0.1) is 0 Å². The first-order chi connectivity index (χ1) is 6.29. The van der Waals surface area contributed by atoms with Crippen molar-refractivity contribution in [2.45, 2.75) is 0 Å². The SMILES string of the molecule is Oc1cccc(C2=NCCN2)c1O. The Morgan fingerprint density at radius 2 is 2.15 bits per heavy atom. The van der Waals surface area contributed by atoms with Gasteiger partial charge in [0.25, 0.3) is 0 Å². The summed E-state index contributed by atoms with van der Waals surface area (Å²) in [6.07, 6.45) is 0. The molecule has 68 valence electrons. The summed E-state index contributed by atoms with van der Waals surface area (Å²) in [6.45, 7) is 1.49. The highest BCUT2D eigenvalue weighted by Gasteiger charge is 2.13. The van der Waals surface area contributed by atoms with Crippen LogP contribution in [-0.4, -0.2) is 29.1 Å². The summed E-state index contributed by atoms with van der Waals surface area (Å²) in [7, 11) is 0. The summed E-state index contributed by atoms with van der Waals surface area (Å²) in [5, 5.41) is 21.7. The number of nitrogens with one attached hydrogen (secondary N) is 1. The van der Waals surface area contributed by atoms with Gasteiger partial charge in [0.1, 0.15) is 5.84 Å². The van der Waals surface area contributed by atoms with Crippen LogP contribution < -0.4 is 5.32 Å². The molecule has 4 heteroatoms. The number of hydrogen-bond acceptors (Lipinski definition) is 4. The molecule has 13 heavy (non-hydrogen) atoms. The Kier molecular flexibility index (Phi) is 1.81. The van der Waals surface area contributed by atoms with Gasteiger partial charge in [-0.05, 0) is 12.1 Å². The molecule has 1 aliphatic heterocycles. The zero-order valence-electron chi connectivity index (χ0n) is 6.99. The van der Waals surface area contributed by atoms with Crippen molar-refractivity contribution in [2.24, 2.45) is 4.99 Å². The number of phenolic OH excluding ortho intramolecular Hbond substituents is 2. The van der Waals surface area contributed by atoms with Crippen molar-refractivity contribution in [3.63, 3.8) is 0 Å². The summed E-state index contributed by atoms with van der Waals surface area (Å²) in [6, 6.07) is 4.83. The Morgan fingerprint density at radius 3 is 2.85 bits per heavy atom. The number of amidine groups is 1. The minimum absolute atomic E-state index is 0.115. The number of phenols is 2. The summed E-state index contributed by atoms with van der Waals surface area (Å²) in [5.41, 5.74) is 0.553. The van der Waals surface area contributed by atoms with Gasteiger partial charge < -0.3 is 15.5 Å². The van der Waals surface area contributed by atoms with Crippen LogP contribution in [-0.2, 0) is 0 Å². The highest BCUT2D eigenvalue weighted by atomic mass is 16.3. The standard InChI is InChI=1S/C9H10N2O2/c12-7-3-1-2-6(8(7)13)9-10-4-5-11-9/h1-3,12-13H,4-5H2,(H,10,11). The highest BCUT2D eigenvalue weighted by Crippen LogP contribution is 2.28. The van der Waals surface area contributed by atoms with E-state index in [1.807, 2.05) is 0 Å². The third kappa shape index (κ3) is 1.30. The van der Waals surface area contributed by atoms with Gasteiger partial charge in [0.2, 0.25) is 0 Å². The third-order valence-corrected chi connectivity index (χ3v) is 1.94. The van der Waals surface area contributed by atoms with Crippen LogP contribution >= 0.6 is 0 Å². The second kappa shape index (κ2) is 2.97. The molecule has 1 heterocycles. The maximum Gasteiger partial charge on any atom is 0.168 e. The van der Waals surface area contributed by atoms with Gasteiger partial charge >= 0.3 is 0 Å². The topological polar surface area (TPSA) is 64.9 Å². The summed E-state index contributed by atoms with van der Waals surface area (Å²) < 4.78 is 0. The van der Waals surface area contributed by atoms with E-state index in [-0.39, 0.29) is 11.5 Å². The fraction of sp³-hybridized carbons (Fsp3) is 0.222. The molecule has 0 aromatic heterocycles. The number of aliphatic imine (C=N–C) groups is 1. The molecule has 1 aliphatic rings. The van der Waals surface area contributed by atoms with E-state index in [1.165, 1.54) is 6.07 Å². The molecule has 3 N–H and O–H groups in total. The van der Waals surface area contributed by atoms with Crippen molar-refractivity contribution in [3.8, 4) is 11.5 Å². The fourth-order valence-corrected chi connectivity index (χ4v) is 1.30. The monoisotopic (exact) mass is 178 g/mol. The van der Waals surface area contributed by atoms with Crippen molar-refractivity contribution in [1.82, 2.24) is 5.32 Å². The van der Waals surface area contributed by atoms with Gasteiger partial charge in [-0.3, -0.25) is 4.99 Å². The molecule has 1 aromatic rings. The van der Waals surface area contributed by atoms with E-state index in [4.69, 9.17) is 0 Å². The molecule has 0 bridgehead atoms. The van der Waals surface area contributed by atoms with E-state index in [0.29, 0.717) is 17.9 Å². The van der Waals surface area contributed by atoms with Crippen LogP contribution in [0.5, 0.6) is 11.5 Å². The molecular formula is C9H10N2O2. The second-order valence-corrected chi connectivity index (χ2v) is 2.83. The van der Waals surface area contributed by atoms with Gasteiger partial charge in [0.15, 0.2) is 11.5 Å². The molecular weight excluding hydrogens is 168 g/mol. The number of benzene rings is 1. The molecule has 4 nitrogen and oxygen atoms in total. The van der Waals surface area contributed by atoms with Crippen molar-refractivity contribution in [3.05, 3.63) is 23.8 Å². The van der Waals surface area contributed by atoms with Crippen LogP contribution in [0.15, 0.2) is 23.2 Å². The van der Waals surface area contributed by atoms with Crippen LogP contribution in [0.3, 0.4) is 0 Å². The average Bonchev–Trinajstić information content (AvgIpc) is 2.62. The number of rotatable bonds is 1. The smallest absolute Gasteiger partial charge is 0.168 e. The van der Waals surface area contributed by atoms with Gasteiger partial charge in [0.05, 0.1) is 12.1 Å². The zero-order valence-corrected chi connectivity index (χ0v) is 6.99. The fourth-order valence-electron chi connectivity index (χ4n) is 1.30. The molecule has 0 amide bonds. The molecule has 0 saturated heterocycles. The van der Waals surface area contributed by atoms with Gasteiger partial charge in [-0.25, -0.2) is 0 Å². The van der Waals surface area contributed by atoms with Gasteiger partial charge in [0, 0.05) is 6.54 Å². The van der Waals surface area contributed by atoms with Crippen LogP contribution in [0.25, 0.3) is 0 Å². The quantitative estimate of drug-likeness (QED) is 0.547. The van der Waals surface area contributed by atoms with E-state index >= 15 is 0 Å². The lowest BCUT2D eigenvalue weighted by Crippen LogP contribution is -2.19.